The van der Waals surface area contributed by atoms with Crippen molar-refractivity contribution in [2.75, 3.05) is 26.9 Å². The van der Waals surface area contributed by atoms with Gasteiger partial charge in [-0.05, 0) is 6.92 Å². The largest absolute Gasteiger partial charge is 0.500 e. The van der Waals surface area contributed by atoms with E-state index in [4.69, 9.17) is 19.0 Å². The molecule has 4 nitrogen and oxygen atoms in total. The third-order valence-corrected chi connectivity index (χ3v) is 4.78. The van der Waals surface area contributed by atoms with E-state index in [0.717, 1.165) is 12.5 Å². The van der Waals surface area contributed by atoms with Gasteiger partial charge in [0.1, 0.15) is 0 Å². The summed E-state index contributed by atoms with van der Waals surface area (Å²) in [4.78, 5) is 0. The predicted octanol–water partition coefficient (Wildman–Crippen LogP) is 0.993. The molecule has 0 rings (SSSR count). The van der Waals surface area contributed by atoms with Crippen molar-refractivity contribution < 1.29 is 13.3 Å². The lowest BCUT2D eigenvalue weighted by Gasteiger charge is -2.26. The van der Waals surface area contributed by atoms with Gasteiger partial charge in [0.25, 0.3) is 0 Å². The zero-order valence-electron chi connectivity index (χ0n) is 8.84. The summed E-state index contributed by atoms with van der Waals surface area (Å²) in [5, 5.41) is 0. The summed E-state index contributed by atoms with van der Waals surface area (Å²) in [6, 6.07) is 0.858. The topological polar surface area (TPSA) is 53.7 Å². The van der Waals surface area contributed by atoms with Crippen molar-refractivity contribution in [1.82, 2.24) is 0 Å². The maximum Gasteiger partial charge on any atom is 0.500 e. The Labute approximate surface area is 81.7 Å². The second-order valence-electron chi connectivity index (χ2n) is 2.71. The zero-order valence-corrected chi connectivity index (χ0v) is 9.84. The SMILES string of the molecule is CCC[Si](OC)(OCC)OCCN. The van der Waals surface area contributed by atoms with Crippen molar-refractivity contribution in [2.24, 2.45) is 5.73 Å². The minimum absolute atomic E-state index is 0.509. The van der Waals surface area contributed by atoms with E-state index in [2.05, 4.69) is 6.92 Å². The third-order valence-electron chi connectivity index (χ3n) is 1.67. The normalized spacial score (nSPS) is 15.7. The Morgan fingerprint density at radius 1 is 1.23 bits per heavy atom. The molecule has 0 amide bonds. The number of hydrogen-bond donors (Lipinski definition) is 1. The van der Waals surface area contributed by atoms with Crippen molar-refractivity contribution in [3.8, 4) is 0 Å². The van der Waals surface area contributed by atoms with Crippen LogP contribution in [-0.2, 0) is 13.3 Å². The Kier molecular flexibility index (Phi) is 7.49. The molecule has 5 heteroatoms. The molecular formula is C8H21NO3Si. The van der Waals surface area contributed by atoms with Crippen LogP contribution >= 0.6 is 0 Å². The smallest absolute Gasteiger partial charge is 0.377 e. The van der Waals surface area contributed by atoms with Crippen LogP contribution in [0.4, 0.5) is 0 Å². The highest BCUT2D eigenvalue weighted by Crippen LogP contribution is 2.16. The average molecular weight is 207 g/mol. The molecule has 0 spiro atoms. The standard InChI is InChI=1S/C8H21NO3Si/c1-4-8-13(10-3,11-5-2)12-7-6-9/h4-9H2,1-3H3. The first kappa shape index (κ1) is 13.1. The predicted molar refractivity (Wildman–Crippen MR) is 54.5 cm³/mol. The van der Waals surface area contributed by atoms with Gasteiger partial charge in [-0.15, -0.1) is 0 Å². The molecule has 0 fully saturated rings. The van der Waals surface area contributed by atoms with Gasteiger partial charge in [-0.25, -0.2) is 0 Å². The summed E-state index contributed by atoms with van der Waals surface area (Å²) in [5.41, 5.74) is 5.37. The maximum absolute atomic E-state index is 5.58. The van der Waals surface area contributed by atoms with Crippen LogP contribution in [0.5, 0.6) is 0 Å². The first-order chi connectivity index (χ1) is 6.24. The Balaban J connectivity index is 4.07. The van der Waals surface area contributed by atoms with E-state index in [1.165, 1.54) is 0 Å². The molecule has 0 aliphatic heterocycles. The second kappa shape index (κ2) is 7.46. The molecule has 0 aromatic heterocycles. The summed E-state index contributed by atoms with van der Waals surface area (Å²) >= 11 is 0. The fourth-order valence-corrected chi connectivity index (χ4v) is 3.44. The van der Waals surface area contributed by atoms with Gasteiger partial charge in [0.15, 0.2) is 0 Å². The molecule has 0 aliphatic carbocycles. The second-order valence-corrected chi connectivity index (χ2v) is 5.56. The van der Waals surface area contributed by atoms with Crippen LogP contribution in [0.1, 0.15) is 20.3 Å². The Hall–Kier alpha value is 0.0569. The molecule has 0 aliphatic rings. The molecule has 0 heterocycles. The molecule has 0 saturated carbocycles. The Bertz CT molecular complexity index is 118. The number of hydrogen-bond acceptors (Lipinski definition) is 4. The fourth-order valence-electron chi connectivity index (χ4n) is 1.15. The van der Waals surface area contributed by atoms with Crippen LogP contribution in [0.2, 0.25) is 6.04 Å². The Morgan fingerprint density at radius 3 is 2.31 bits per heavy atom. The summed E-state index contributed by atoms with van der Waals surface area (Å²) in [6.07, 6.45) is 1.00. The van der Waals surface area contributed by atoms with E-state index in [-0.39, 0.29) is 0 Å². The third kappa shape index (κ3) is 4.73. The van der Waals surface area contributed by atoms with E-state index in [1.807, 2.05) is 6.92 Å². The number of rotatable bonds is 8. The average Bonchev–Trinajstić information content (AvgIpc) is 2.15. The summed E-state index contributed by atoms with van der Waals surface area (Å²) in [5.74, 6) is 0. The van der Waals surface area contributed by atoms with E-state index in [9.17, 15) is 0 Å². The quantitative estimate of drug-likeness (QED) is 0.603. The first-order valence-electron chi connectivity index (χ1n) is 4.77. The highest BCUT2D eigenvalue weighted by molar-refractivity contribution is 6.60. The van der Waals surface area contributed by atoms with E-state index >= 15 is 0 Å². The van der Waals surface area contributed by atoms with E-state index in [0.29, 0.717) is 19.8 Å². The monoisotopic (exact) mass is 207 g/mol. The van der Waals surface area contributed by atoms with Gasteiger partial charge in [0.2, 0.25) is 0 Å². The van der Waals surface area contributed by atoms with Crippen LogP contribution in [0.3, 0.4) is 0 Å². The molecule has 0 aromatic carbocycles. The van der Waals surface area contributed by atoms with Gasteiger partial charge in [-0.3, -0.25) is 0 Å². The Morgan fingerprint density at radius 2 is 1.92 bits per heavy atom. The molecule has 1 atom stereocenters. The zero-order chi connectivity index (χ0) is 10.2. The van der Waals surface area contributed by atoms with Crippen LogP contribution in [0.25, 0.3) is 0 Å². The molecule has 0 aromatic rings. The summed E-state index contributed by atoms with van der Waals surface area (Å²) < 4.78 is 16.5. The fraction of sp³-hybridized carbons (Fsp3) is 1.00. The summed E-state index contributed by atoms with van der Waals surface area (Å²) in [6.45, 7) is 5.69. The number of nitrogens with two attached hydrogens (primary N) is 1. The summed E-state index contributed by atoms with van der Waals surface area (Å²) in [7, 11) is -0.724. The molecule has 13 heavy (non-hydrogen) atoms. The molecule has 80 valence electrons. The van der Waals surface area contributed by atoms with Crippen LogP contribution in [0, 0.1) is 0 Å². The van der Waals surface area contributed by atoms with Gasteiger partial charge < -0.3 is 19.0 Å². The maximum atomic E-state index is 5.58. The van der Waals surface area contributed by atoms with Crippen LogP contribution < -0.4 is 5.73 Å². The minimum atomic E-state index is -2.37. The van der Waals surface area contributed by atoms with Crippen molar-refractivity contribution in [3.05, 3.63) is 0 Å². The van der Waals surface area contributed by atoms with Gasteiger partial charge in [0, 0.05) is 26.3 Å². The van der Waals surface area contributed by atoms with Crippen LogP contribution in [-0.4, -0.2) is 35.7 Å². The molecular weight excluding hydrogens is 186 g/mol. The van der Waals surface area contributed by atoms with Crippen molar-refractivity contribution in [3.63, 3.8) is 0 Å². The molecule has 1 unspecified atom stereocenters. The van der Waals surface area contributed by atoms with Crippen LogP contribution in [0.15, 0.2) is 0 Å². The lowest BCUT2D eigenvalue weighted by molar-refractivity contribution is 0.0843. The van der Waals surface area contributed by atoms with Crippen molar-refractivity contribution >= 4 is 8.80 Å². The molecule has 0 bridgehead atoms. The highest BCUT2D eigenvalue weighted by Gasteiger charge is 2.38. The highest BCUT2D eigenvalue weighted by atomic mass is 28.4. The first-order valence-corrected chi connectivity index (χ1v) is 6.71. The molecule has 0 saturated heterocycles. The van der Waals surface area contributed by atoms with Gasteiger partial charge in [0.05, 0.1) is 6.61 Å². The minimum Gasteiger partial charge on any atom is -0.377 e. The lowest BCUT2D eigenvalue weighted by Crippen LogP contribution is -2.45. The molecule has 0 radical (unpaired) electrons. The van der Waals surface area contributed by atoms with Gasteiger partial charge in [-0.2, -0.15) is 0 Å². The van der Waals surface area contributed by atoms with Crippen molar-refractivity contribution in [2.45, 2.75) is 26.3 Å². The van der Waals surface area contributed by atoms with Gasteiger partial charge in [-0.1, -0.05) is 13.3 Å². The van der Waals surface area contributed by atoms with Gasteiger partial charge >= 0.3 is 8.80 Å². The lowest BCUT2D eigenvalue weighted by atomic mass is 10.6. The van der Waals surface area contributed by atoms with E-state index in [1.54, 1.807) is 7.11 Å². The van der Waals surface area contributed by atoms with Crippen molar-refractivity contribution in [1.29, 1.82) is 0 Å². The molecule has 2 N–H and O–H groups in total. The van der Waals surface area contributed by atoms with E-state index < -0.39 is 8.80 Å².